The van der Waals surface area contributed by atoms with Crippen LogP contribution < -0.4 is 0 Å². The van der Waals surface area contributed by atoms with Gasteiger partial charge in [0.05, 0.1) is 0 Å². The summed E-state index contributed by atoms with van der Waals surface area (Å²) in [7, 11) is 0. The summed E-state index contributed by atoms with van der Waals surface area (Å²) in [5, 5.41) is 0. The lowest BCUT2D eigenvalue weighted by Gasteiger charge is -1.85. The van der Waals surface area contributed by atoms with Crippen molar-refractivity contribution in [3.05, 3.63) is 53.2 Å². The van der Waals surface area contributed by atoms with Crippen LogP contribution >= 0.6 is 0 Å². The third-order valence-corrected chi connectivity index (χ3v) is 0.967. The molecule has 0 aromatic heterocycles. The van der Waals surface area contributed by atoms with Crippen molar-refractivity contribution in [2.75, 3.05) is 0 Å². The van der Waals surface area contributed by atoms with E-state index in [2.05, 4.69) is 0 Å². The molecule has 80 valence electrons. The first-order chi connectivity index (χ1) is 7.02. The minimum absolute atomic E-state index is 0.470. The van der Waals surface area contributed by atoms with Gasteiger partial charge in [-0.25, -0.2) is 8.78 Å². The van der Waals surface area contributed by atoms with Crippen molar-refractivity contribution >= 4 is 0 Å². The van der Waals surface area contributed by atoms with Crippen LogP contribution in [0.3, 0.4) is 0 Å². The number of rotatable bonds is 2. The maximum absolute atomic E-state index is 12.4. The third-order valence-electron chi connectivity index (χ3n) is 0.967. The molecule has 0 radical (unpaired) electrons. The second kappa shape index (κ2) is 6.57. The van der Waals surface area contributed by atoms with Crippen LogP contribution in [0.1, 0.15) is 0 Å². The van der Waals surface area contributed by atoms with E-state index in [9.17, 15) is 26.3 Å². The van der Waals surface area contributed by atoms with Gasteiger partial charge in [-0.15, -0.1) is 0 Å². The molecule has 6 heteroatoms. The molecule has 0 spiro atoms. The predicted octanol–water partition coefficient (Wildman–Crippen LogP) is 4.16. The summed E-state index contributed by atoms with van der Waals surface area (Å²) in [6.07, 6.45) is -0.940. The molecule has 0 aliphatic heterocycles. The van der Waals surface area contributed by atoms with E-state index < -0.39 is 36.0 Å². The number of halogens is 6. The molecule has 0 atom stereocenters. The lowest BCUT2D eigenvalue weighted by Crippen LogP contribution is -1.74. The normalized spacial score (nSPS) is 7.87. The van der Waals surface area contributed by atoms with Crippen LogP contribution in [-0.2, 0) is 0 Å². The monoisotopic (exact) mass is 224 g/mol. The predicted molar refractivity (Wildman–Crippen MR) is 40.4 cm³/mol. The van der Waals surface area contributed by atoms with Crippen LogP contribution in [0.4, 0.5) is 26.3 Å². The van der Waals surface area contributed by atoms with Crippen molar-refractivity contribution in [3.8, 4) is 0 Å². The molecule has 0 saturated carbocycles. The molecule has 0 amide bonds. The summed E-state index contributed by atoms with van der Waals surface area (Å²) in [4.78, 5) is 0. The fourth-order valence-corrected chi connectivity index (χ4v) is 0.429. The van der Waals surface area contributed by atoms with Crippen LogP contribution in [0.25, 0.3) is 0 Å². The van der Waals surface area contributed by atoms with E-state index in [0.717, 1.165) is 17.2 Å². The van der Waals surface area contributed by atoms with E-state index in [1.54, 1.807) is 0 Å². The highest BCUT2D eigenvalue weighted by atomic mass is 19.2. The second-order valence-corrected chi connectivity index (χ2v) is 1.89. The van der Waals surface area contributed by atoms with Gasteiger partial charge < -0.3 is 0 Å². The van der Waals surface area contributed by atoms with Crippen molar-refractivity contribution in [1.29, 1.82) is 0 Å². The summed E-state index contributed by atoms with van der Waals surface area (Å²) < 4.78 is 71.9. The molecule has 0 fully saturated rings. The lowest BCUT2D eigenvalue weighted by atomic mass is 10.4. The summed E-state index contributed by atoms with van der Waals surface area (Å²) in [5.41, 5.74) is 3.11. The molecule has 0 aliphatic carbocycles. The van der Waals surface area contributed by atoms with Gasteiger partial charge in [0.25, 0.3) is 0 Å². The van der Waals surface area contributed by atoms with Crippen molar-refractivity contribution < 1.29 is 26.3 Å². The van der Waals surface area contributed by atoms with Crippen molar-refractivity contribution in [3.63, 3.8) is 0 Å². The lowest BCUT2D eigenvalue weighted by molar-refractivity contribution is 0.527. The molecule has 0 N–H and O–H groups in total. The Hall–Kier alpha value is -1.86. The van der Waals surface area contributed by atoms with Crippen molar-refractivity contribution in [2.45, 2.75) is 0 Å². The van der Waals surface area contributed by atoms with Crippen LogP contribution in [0.5, 0.6) is 0 Å². The zero-order valence-electron chi connectivity index (χ0n) is 6.92. The van der Waals surface area contributed by atoms with Crippen molar-refractivity contribution in [1.82, 2.24) is 0 Å². The number of hydrogen-bond acceptors (Lipinski definition) is 0. The van der Waals surface area contributed by atoms with E-state index in [4.69, 9.17) is 0 Å². The van der Waals surface area contributed by atoms with Gasteiger partial charge in [-0.3, -0.25) is 0 Å². The van der Waals surface area contributed by atoms with Crippen LogP contribution in [0.2, 0.25) is 0 Å². The van der Waals surface area contributed by atoms with Crippen molar-refractivity contribution in [2.24, 2.45) is 0 Å². The standard InChI is InChI=1S/C9H2F6/c10-3-1-6(12)8(14)5-9(15)7(13)2-4-11/h3-4H. The molecular weight excluding hydrogens is 222 g/mol. The Balaban J connectivity index is 5.46. The van der Waals surface area contributed by atoms with Gasteiger partial charge in [-0.2, -0.15) is 17.6 Å². The highest BCUT2D eigenvalue weighted by Gasteiger charge is 2.05. The Morgan fingerprint density at radius 2 is 1.00 bits per heavy atom. The highest BCUT2D eigenvalue weighted by molar-refractivity contribution is 5.24. The first kappa shape index (κ1) is 13.1. The Morgan fingerprint density at radius 1 is 0.667 bits per heavy atom. The minimum Gasteiger partial charge on any atom is -0.206 e. The van der Waals surface area contributed by atoms with E-state index in [1.165, 1.54) is 0 Å². The Kier molecular flexibility index (Phi) is 5.76. The third kappa shape index (κ3) is 4.79. The molecular formula is C9H2F6. The zero-order chi connectivity index (χ0) is 11.8. The molecule has 0 bridgehead atoms. The molecule has 0 unspecified atom stereocenters. The average molecular weight is 224 g/mol. The molecule has 0 aromatic rings. The smallest absolute Gasteiger partial charge is 0.206 e. The summed E-state index contributed by atoms with van der Waals surface area (Å²) in [5.74, 6) is -7.86. The fraction of sp³-hybridized carbons (Fsp3) is 0. The SMILES string of the molecule is FC=C=C(F)C(F)=C=C(F)C(F)=C=CF. The molecule has 0 heterocycles. The quantitative estimate of drug-likeness (QED) is 0.375. The number of hydrogen-bond donors (Lipinski definition) is 0. The molecule has 0 aromatic carbocycles. The van der Waals surface area contributed by atoms with Gasteiger partial charge in [0.15, 0.2) is 0 Å². The van der Waals surface area contributed by atoms with Gasteiger partial charge >= 0.3 is 0 Å². The largest absolute Gasteiger partial charge is 0.212 e. The van der Waals surface area contributed by atoms with Gasteiger partial charge in [-0.1, -0.05) is 0 Å². The van der Waals surface area contributed by atoms with Gasteiger partial charge in [0, 0.05) is 0 Å². The Morgan fingerprint density at radius 3 is 1.27 bits per heavy atom. The van der Waals surface area contributed by atoms with Gasteiger partial charge in [0.1, 0.15) is 12.7 Å². The van der Waals surface area contributed by atoms with Crippen LogP contribution in [0, 0.1) is 0 Å². The second-order valence-electron chi connectivity index (χ2n) is 1.89. The van der Waals surface area contributed by atoms with E-state index in [0.29, 0.717) is 0 Å². The average Bonchev–Trinajstić information content (AvgIpc) is 2.18. The van der Waals surface area contributed by atoms with Crippen LogP contribution in [-0.4, -0.2) is 0 Å². The molecule has 0 aliphatic rings. The molecule has 0 saturated heterocycles. The molecule has 0 rings (SSSR count). The van der Waals surface area contributed by atoms with E-state index in [1.807, 2.05) is 0 Å². The topological polar surface area (TPSA) is 0 Å². The Bertz CT molecular complexity index is 386. The summed E-state index contributed by atoms with van der Waals surface area (Å²) in [6.45, 7) is 0. The summed E-state index contributed by atoms with van der Waals surface area (Å²) in [6, 6.07) is 0. The summed E-state index contributed by atoms with van der Waals surface area (Å²) >= 11 is 0. The fourth-order valence-electron chi connectivity index (χ4n) is 0.429. The van der Waals surface area contributed by atoms with E-state index in [-0.39, 0.29) is 0 Å². The Labute approximate surface area is 80.5 Å². The highest BCUT2D eigenvalue weighted by Crippen LogP contribution is 2.15. The number of allylic oxidation sites excluding steroid dienone is 3. The first-order valence-corrected chi connectivity index (χ1v) is 3.27. The maximum Gasteiger partial charge on any atom is 0.212 e. The zero-order valence-corrected chi connectivity index (χ0v) is 6.92. The van der Waals surface area contributed by atoms with Crippen LogP contribution in [0.15, 0.2) is 53.2 Å². The van der Waals surface area contributed by atoms with E-state index >= 15 is 0 Å². The maximum atomic E-state index is 12.4. The minimum atomic E-state index is -2.02. The van der Waals surface area contributed by atoms with Gasteiger partial charge in [-0.05, 0) is 17.2 Å². The molecule has 0 nitrogen and oxygen atoms in total. The van der Waals surface area contributed by atoms with Gasteiger partial charge in [0.2, 0.25) is 23.3 Å². The molecule has 15 heavy (non-hydrogen) atoms. The first-order valence-electron chi connectivity index (χ1n) is 3.27.